The van der Waals surface area contributed by atoms with E-state index >= 15 is 0 Å². The number of nitrogens with one attached hydrogen (secondary N) is 1. The molecule has 0 saturated carbocycles. The van der Waals surface area contributed by atoms with Crippen LogP contribution in [0.1, 0.15) is 24.8 Å². The fourth-order valence-corrected chi connectivity index (χ4v) is 4.88. The second-order valence-corrected chi connectivity index (χ2v) is 8.82. The Kier molecular flexibility index (Phi) is 5.10. The summed E-state index contributed by atoms with van der Waals surface area (Å²) in [6, 6.07) is 15.3. The molecule has 1 atom stereocenters. The van der Waals surface area contributed by atoms with Crippen molar-refractivity contribution in [3.63, 3.8) is 0 Å². The number of halogens is 1. The van der Waals surface area contributed by atoms with Crippen LogP contribution >= 0.6 is 11.6 Å². The molecule has 0 radical (unpaired) electrons. The monoisotopic (exact) mass is 437 g/mol. The summed E-state index contributed by atoms with van der Waals surface area (Å²) < 4.78 is 5.87. The lowest BCUT2D eigenvalue weighted by Crippen LogP contribution is -2.37. The van der Waals surface area contributed by atoms with Crippen molar-refractivity contribution in [3.05, 3.63) is 65.3 Å². The van der Waals surface area contributed by atoms with Crippen molar-refractivity contribution in [1.29, 1.82) is 0 Å². The lowest BCUT2D eigenvalue weighted by Gasteiger charge is -2.25. The molecule has 2 fully saturated rings. The second kappa shape index (κ2) is 7.93. The number of aromatic amines is 1. The van der Waals surface area contributed by atoms with Gasteiger partial charge in [0, 0.05) is 47.3 Å². The van der Waals surface area contributed by atoms with Crippen LogP contribution in [0.5, 0.6) is 0 Å². The van der Waals surface area contributed by atoms with Crippen molar-refractivity contribution in [2.24, 2.45) is 0 Å². The van der Waals surface area contributed by atoms with E-state index in [1.807, 2.05) is 47.5 Å². The molecule has 31 heavy (non-hydrogen) atoms. The quantitative estimate of drug-likeness (QED) is 0.641. The summed E-state index contributed by atoms with van der Waals surface area (Å²) in [6.07, 6.45) is 4.12. The number of ether oxygens (including phenoxy) is 1. The zero-order valence-corrected chi connectivity index (χ0v) is 17.9. The van der Waals surface area contributed by atoms with Gasteiger partial charge in [0.2, 0.25) is 5.91 Å². The predicted molar refractivity (Wildman–Crippen MR) is 120 cm³/mol. The van der Waals surface area contributed by atoms with E-state index in [1.165, 1.54) is 0 Å². The highest BCUT2D eigenvalue weighted by Gasteiger charge is 2.46. The first-order chi connectivity index (χ1) is 15.0. The Hall–Kier alpha value is -2.99. The van der Waals surface area contributed by atoms with Gasteiger partial charge in [-0.05, 0) is 42.7 Å². The number of amides is 2. The fourth-order valence-electron chi connectivity index (χ4n) is 4.70. The number of anilines is 1. The Bertz CT molecular complexity index is 1140. The van der Waals surface area contributed by atoms with Gasteiger partial charge < -0.3 is 14.6 Å². The van der Waals surface area contributed by atoms with E-state index in [2.05, 4.69) is 4.98 Å². The fraction of sp³-hybridized carbons (Fsp3) is 0.333. The molecule has 1 N–H and O–H groups in total. The molecule has 5 rings (SSSR count). The number of aromatic nitrogens is 1. The highest BCUT2D eigenvalue weighted by Crippen LogP contribution is 2.36. The maximum atomic E-state index is 13.0. The molecule has 1 aromatic heterocycles. The second-order valence-electron chi connectivity index (χ2n) is 8.39. The smallest absolute Gasteiger partial charge is 0.415 e. The van der Waals surface area contributed by atoms with Crippen LogP contribution in [0.25, 0.3) is 10.9 Å². The minimum absolute atomic E-state index is 0.109. The van der Waals surface area contributed by atoms with Crippen LogP contribution in [-0.4, -0.2) is 47.1 Å². The van der Waals surface area contributed by atoms with Gasteiger partial charge in [0.1, 0.15) is 5.60 Å². The van der Waals surface area contributed by atoms with Crippen molar-refractivity contribution < 1.29 is 14.3 Å². The van der Waals surface area contributed by atoms with Gasteiger partial charge in [-0.25, -0.2) is 4.79 Å². The average Bonchev–Trinajstić information content (AvgIpc) is 3.24. The summed E-state index contributed by atoms with van der Waals surface area (Å²) in [5, 5.41) is 1.67. The number of carbonyl (C=O) groups excluding carboxylic acids is 2. The minimum atomic E-state index is -0.560. The van der Waals surface area contributed by atoms with Crippen molar-refractivity contribution in [2.75, 3.05) is 24.5 Å². The van der Waals surface area contributed by atoms with E-state index in [-0.39, 0.29) is 12.0 Å². The van der Waals surface area contributed by atoms with Crippen molar-refractivity contribution in [1.82, 2.24) is 9.88 Å². The molecule has 1 spiro atoms. The SMILES string of the molecule is O=C(Cc1c[nH]c2ccccc12)N1CCC[C@]2(CC1)CN(c1cccc(Cl)c1)C(=O)O2. The van der Waals surface area contributed by atoms with E-state index in [9.17, 15) is 9.59 Å². The van der Waals surface area contributed by atoms with E-state index in [4.69, 9.17) is 16.3 Å². The third-order valence-corrected chi connectivity index (χ3v) is 6.59. The number of hydrogen-bond donors (Lipinski definition) is 1. The normalized spacial score (nSPS) is 21.5. The molecule has 3 heterocycles. The van der Waals surface area contributed by atoms with Gasteiger partial charge in [-0.3, -0.25) is 9.69 Å². The molecule has 3 aromatic rings. The number of rotatable bonds is 3. The number of benzene rings is 2. The number of hydrogen-bond acceptors (Lipinski definition) is 3. The maximum absolute atomic E-state index is 13.0. The van der Waals surface area contributed by atoms with Gasteiger partial charge in [-0.2, -0.15) is 0 Å². The molecule has 2 aliphatic rings. The van der Waals surface area contributed by atoms with Crippen LogP contribution in [0.2, 0.25) is 5.02 Å². The summed E-state index contributed by atoms with van der Waals surface area (Å²) in [6.45, 7) is 1.74. The maximum Gasteiger partial charge on any atom is 0.415 e. The Balaban J connectivity index is 1.27. The summed E-state index contributed by atoms with van der Waals surface area (Å²) >= 11 is 6.10. The number of carbonyl (C=O) groups is 2. The molecule has 2 aliphatic heterocycles. The molecule has 2 amide bonds. The van der Waals surface area contributed by atoms with Gasteiger partial charge >= 0.3 is 6.09 Å². The van der Waals surface area contributed by atoms with Gasteiger partial charge in [-0.1, -0.05) is 35.9 Å². The molecule has 160 valence electrons. The minimum Gasteiger partial charge on any atom is -0.441 e. The van der Waals surface area contributed by atoms with Crippen LogP contribution in [-0.2, 0) is 16.0 Å². The van der Waals surface area contributed by atoms with Gasteiger partial charge in [-0.15, -0.1) is 0 Å². The lowest BCUT2D eigenvalue weighted by atomic mass is 9.95. The first kappa shape index (κ1) is 19.9. The standard InChI is InChI=1S/C24H24ClN3O3/c25-18-5-3-6-19(14-18)28-16-24(31-23(28)30)9-4-11-27(12-10-24)22(29)13-17-15-26-21-8-2-1-7-20(17)21/h1-3,5-8,14-15,26H,4,9-13,16H2/t24-/m0/s1. The Morgan fingerprint density at radius 3 is 2.87 bits per heavy atom. The molecular weight excluding hydrogens is 414 g/mol. The molecule has 6 nitrogen and oxygen atoms in total. The van der Waals surface area contributed by atoms with Crippen molar-refractivity contribution >= 4 is 40.2 Å². The highest BCUT2D eigenvalue weighted by molar-refractivity contribution is 6.30. The van der Waals surface area contributed by atoms with E-state index in [0.29, 0.717) is 37.5 Å². The topological polar surface area (TPSA) is 65.6 Å². The van der Waals surface area contributed by atoms with E-state index < -0.39 is 5.60 Å². The third-order valence-electron chi connectivity index (χ3n) is 6.36. The number of fused-ring (bicyclic) bond motifs is 1. The van der Waals surface area contributed by atoms with Crippen LogP contribution in [0.3, 0.4) is 0 Å². The zero-order chi connectivity index (χ0) is 21.4. The molecule has 0 bridgehead atoms. The van der Waals surface area contributed by atoms with Crippen molar-refractivity contribution in [3.8, 4) is 0 Å². The largest absolute Gasteiger partial charge is 0.441 e. The number of para-hydroxylation sites is 1. The van der Waals surface area contributed by atoms with Gasteiger partial charge in [0.15, 0.2) is 0 Å². The van der Waals surface area contributed by atoms with Crippen LogP contribution in [0.4, 0.5) is 10.5 Å². The summed E-state index contributed by atoms with van der Waals surface area (Å²) in [7, 11) is 0. The molecular formula is C24H24ClN3O3. The van der Waals surface area contributed by atoms with Gasteiger partial charge in [0.05, 0.1) is 13.0 Å². The van der Waals surface area contributed by atoms with Crippen LogP contribution < -0.4 is 4.90 Å². The van der Waals surface area contributed by atoms with E-state index in [1.54, 1.807) is 17.0 Å². The Labute approximate surface area is 185 Å². The average molecular weight is 438 g/mol. The number of H-pyrrole nitrogens is 1. The summed E-state index contributed by atoms with van der Waals surface area (Å²) in [4.78, 5) is 32.4. The zero-order valence-electron chi connectivity index (χ0n) is 17.1. The van der Waals surface area contributed by atoms with Crippen LogP contribution in [0.15, 0.2) is 54.7 Å². The summed E-state index contributed by atoms with van der Waals surface area (Å²) in [5.74, 6) is 0.109. The lowest BCUT2D eigenvalue weighted by molar-refractivity contribution is -0.130. The Morgan fingerprint density at radius 2 is 2.00 bits per heavy atom. The molecule has 2 saturated heterocycles. The van der Waals surface area contributed by atoms with Crippen molar-refractivity contribution in [2.45, 2.75) is 31.3 Å². The first-order valence-corrected chi connectivity index (χ1v) is 11.0. The number of likely N-dealkylation sites (tertiary alicyclic amines) is 1. The van der Waals surface area contributed by atoms with Crippen LogP contribution in [0, 0.1) is 0 Å². The molecule has 7 heteroatoms. The molecule has 0 unspecified atom stereocenters. The van der Waals surface area contributed by atoms with E-state index in [0.717, 1.165) is 35.0 Å². The molecule has 2 aromatic carbocycles. The first-order valence-electron chi connectivity index (χ1n) is 10.6. The summed E-state index contributed by atoms with van der Waals surface area (Å²) in [5.41, 5.74) is 2.24. The van der Waals surface area contributed by atoms with Gasteiger partial charge in [0.25, 0.3) is 0 Å². The third kappa shape index (κ3) is 3.88. The number of nitrogens with zero attached hydrogens (tertiary/aromatic N) is 2. The highest BCUT2D eigenvalue weighted by atomic mass is 35.5. The molecule has 0 aliphatic carbocycles. The Morgan fingerprint density at radius 1 is 1.13 bits per heavy atom. The predicted octanol–water partition coefficient (Wildman–Crippen LogP) is 4.77.